The van der Waals surface area contributed by atoms with Crippen LogP contribution in [0.2, 0.25) is 0 Å². The van der Waals surface area contributed by atoms with Crippen LogP contribution in [0.3, 0.4) is 0 Å². The van der Waals surface area contributed by atoms with E-state index in [-0.39, 0.29) is 18.1 Å². The molecule has 0 saturated heterocycles. The van der Waals surface area contributed by atoms with Crippen LogP contribution < -0.4 is 10.6 Å². The molecule has 0 saturated carbocycles. The van der Waals surface area contributed by atoms with Crippen molar-refractivity contribution in [3.63, 3.8) is 0 Å². The number of nitrogens with zero attached hydrogens (tertiary/aromatic N) is 1. The van der Waals surface area contributed by atoms with Gasteiger partial charge >= 0.3 is 0 Å². The van der Waals surface area contributed by atoms with Gasteiger partial charge in [-0.3, -0.25) is 0 Å². The Bertz CT molecular complexity index is 518. The van der Waals surface area contributed by atoms with E-state index in [1.165, 1.54) is 6.07 Å². The summed E-state index contributed by atoms with van der Waals surface area (Å²) in [6, 6.07) is 6.39. The lowest BCUT2D eigenvalue weighted by Gasteiger charge is -2.25. The maximum Gasteiger partial charge on any atom is 0.154 e. The van der Waals surface area contributed by atoms with Gasteiger partial charge in [0.1, 0.15) is 5.82 Å². The largest absolute Gasteiger partial charge is 0.368 e. The molecule has 0 atom stereocenters. The molecular weight excluding hydrogens is 279 g/mol. The van der Waals surface area contributed by atoms with E-state index in [2.05, 4.69) is 0 Å². The molecule has 0 spiro atoms. The van der Waals surface area contributed by atoms with E-state index in [1.54, 1.807) is 36.9 Å². The molecule has 114 valence electrons. The van der Waals surface area contributed by atoms with Gasteiger partial charge in [0.25, 0.3) is 0 Å². The summed E-state index contributed by atoms with van der Waals surface area (Å²) >= 11 is 0. The molecule has 0 fully saturated rings. The van der Waals surface area contributed by atoms with Crippen LogP contribution in [0.5, 0.6) is 0 Å². The van der Waals surface area contributed by atoms with Gasteiger partial charge in [-0.25, -0.2) is 12.8 Å². The van der Waals surface area contributed by atoms with E-state index < -0.39 is 15.1 Å². The zero-order valence-electron chi connectivity index (χ0n) is 12.0. The van der Waals surface area contributed by atoms with Crippen molar-refractivity contribution in [2.45, 2.75) is 25.5 Å². The average molecular weight is 302 g/mol. The van der Waals surface area contributed by atoms with Gasteiger partial charge in [-0.05, 0) is 38.9 Å². The van der Waals surface area contributed by atoms with Crippen molar-refractivity contribution >= 4 is 15.5 Å². The maximum absolute atomic E-state index is 13.8. The number of anilines is 1. The molecule has 0 bridgehead atoms. The Balaban J connectivity index is 2.83. The van der Waals surface area contributed by atoms with E-state index >= 15 is 0 Å². The van der Waals surface area contributed by atoms with E-state index in [1.807, 2.05) is 0 Å². The highest BCUT2D eigenvalue weighted by Crippen LogP contribution is 2.19. The Hall–Kier alpha value is -1.14. The molecule has 2 N–H and O–H groups in total. The van der Waals surface area contributed by atoms with Crippen molar-refractivity contribution in [1.82, 2.24) is 0 Å². The molecule has 1 aromatic carbocycles. The van der Waals surface area contributed by atoms with Gasteiger partial charge in [-0.2, -0.15) is 0 Å². The number of hydrogen-bond donors (Lipinski definition) is 1. The Morgan fingerprint density at radius 3 is 2.45 bits per heavy atom. The van der Waals surface area contributed by atoms with Crippen molar-refractivity contribution in [2.75, 3.05) is 30.3 Å². The highest BCUT2D eigenvalue weighted by atomic mass is 32.2. The average Bonchev–Trinajstić information content (AvgIpc) is 2.40. The van der Waals surface area contributed by atoms with Crippen LogP contribution in [0.15, 0.2) is 24.3 Å². The molecule has 0 heterocycles. The first kappa shape index (κ1) is 16.9. The first-order valence-electron chi connectivity index (χ1n) is 6.79. The summed E-state index contributed by atoms with van der Waals surface area (Å²) in [5.74, 6) is -0.324. The molecule has 1 rings (SSSR count). The van der Waals surface area contributed by atoms with Gasteiger partial charge in [0, 0.05) is 13.1 Å². The number of rotatable bonds is 8. The van der Waals surface area contributed by atoms with Crippen LogP contribution in [0.25, 0.3) is 0 Å². The Morgan fingerprint density at radius 1 is 1.25 bits per heavy atom. The van der Waals surface area contributed by atoms with Crippen LogP contribution in [-0.4, -0.2) is 39.1 Å². The lowest BCUT2D eigenvalue weighted by molar-refractivity contribution is 0.583. The molecule has 20 heavy (non-hydrogen) atoms. The van der Waals surface area contributed by atoms with Crippen LogP contribution >= 0.6 is 0 Å². The lowest BCUT2D eigenvalue weighted by Crippen LogP contribution is -2.33. The molecule has 0 amide bonds. The highest BCUT2D eigenvalue weighted by Gasteiger charge is 2.19. The van der Waals surface area contributed by atoms with Crippen molar-refractivity contribution in [3.05, 3.63) is 30.1 Å². The van der Waals surface area contributed by atoms with Gasteiger partial charge < -0.3 is 10.6 Å². The first-order valence-corrected chi connectivity index (χ1v) is 8.51. The smallest absolute Gasteiger partial charge is 0.154 e. The zero-order valence-corrected chi connectivity index (χ0v) is 12.9. The van der Waals surface area contributed by atoms with Crippen LogP contribution in [0.4, 0.5) is 10.1 Å². The summed E-state index contributed by atoms with van der Waals surface area (Å²) in [6.45, 7) is 4.62. The quantitative estimate of drug-likeness (QED) is 0.795. The molecule has 0 aliphatic carbocycles. The van der Waals surface area contributed by atoms with E-state index in [0.29, 0.717) is 25.2 Å². The number of halogens is 1. The second-order valence-electron chi connectivity index (χ2n) is 5.00. The second-order valence-corrected chi connectivity index (χ2v) is 7.67. The number of hydrogen-bond acceptors (Lipinski definition) is 4. The van der Waals surface area contributed by atoms with Gasteiger partial charge in [0.05, 0.1) is 16.7 Å². The predicted molar refractivity (Wildman–Crippen MR) is 81.2 cm³/mol. The normalized spacial score (nSPS) is 11.8. The van der Waals surface area contributed by atoms with Crippen LogP contribution in [0, 0.1) is 5.82 Å². The fourth-order valence-electron chi connectivity index (χ4n) is 1.82. The number of benzene rings is 1. The maximum atomic E-state index is 13.8. The third-order valence-corrected chi connectivity index (χ3v) is 5.38. The Kier molecular flexibility index (Phi) is 6.42. The summed E-state index contributed by atoms with van der Waals surface area (Å²) in [4.78, 5) is 1.75. The minimum atomic E-state index is -3.13. The van der Waals surface area contributed by atoms with E-state index in [9.17, 15) is 12.8 Å². The molecule has 0 aromatic heterocycles. The third-order valence-electron chi connectivity index (χ3n) is 3.19. The molecule has 0 unspecified atom stereocenters. The molecule has 6 heteroatoms. The molecule has 0 radical (unpaired) electrons. The molecule has 0 aliphatic rings. The molecular formula is C14H23FN2O2S. The SMILES string of the molecule is CC(C)S(=O)(=O)CCN(CCCN)c1ccccc1F. The fourth-order valence-corrected chi connectivity index (χ4v) is 2.76. The number of para-hydroxylation sites is 1. The molecule has 4 nitrogen and oxygen atoms in total. The van der Waals surface area contributed by atoms with Crippen molar-refractivity contribution in [3.8, 4) is 0 Å². The minimum absolute atomic E-state index is 0.0174. The topological polar surface area (TPSA) is 63.4 Å². The summed E-state index contributed by atoms with van der Waals surface area (Å²) in [5, 5.41) is -0.417. The van der Waals surface area contributed by atoms with Gasteiger partial charge in [-0.15, -0.1) is 0 Å². The fraction of sp³-hybridized carbons (Fsp3) is 0.571. The summed E-state index contributed by atoms with van der Waals surface area (Å²) in [6.07, 6.45) is 0.691. The van der Waals surface area contributed by atoms with Crippen molar-refractivity contribution in [2.24, 2.45) is 5.73 Å². The number of sulfone groups is 1. The van der Waals surface area contributed by atoms with Crippen molar-refractivity contribution in [1.29, 1.82) is 0 Å². The molecule has 1 aromatic rings. The second kappa shape index (κ2) is 7.59. The molecule has 0 aliphatic heterocycles. The Labute approximate surface area is 120 Å². The predicted octanol–water partition coefficient (Wildman–Crippen LogP) is 1.80. The number of nitrogens with two attached hydrogens (primary N) is 1. The van der Waals surface area contributed by atoms with Crippen molar-refractivity contribution < 1.29 is 12.8 Å². The van der Waals surface area contributed by atoms with Gasteiger partial charge in [0.2, 0.25) is 0 Å². The minimum Gasteiger partial charge on any atom is -0.368 e. The zero-order chi connectivity index (χ0) is 15.2. The Morgan fingerprint density at radius 2 is 1.90 bits per heavy atom. The van der Waals surface area contributed by atoms with Crippen LogP contribution in [0.1, 0.15) is 20.3 Å². The van der Waals surface area contributed by atoms with E-state index in [4.69, 9.17) is 5.73 Å². The highest BCUT2D eigenvalue weighted by molar-refractivity contribution is 7.92. The van der Waals surface area contributed by atoms with Crippen LogP contribution in [-0.2, 0) is 9.84 Å². The van der Waals surface area contributed by atoms with Gasteiger partial charge in [0.15, 0.2) is 9.84 Å². The lowest BCUT2D eigenvalue weighted by atomic mass is 10.2. The summed E-state index contributed by atoms with van der Waals surface area (Å²) in [7, 11) is -3.13. The third kappa shape index (κ3) is 4.76. The summed E-state index contributed by atoms with van der Waals surface area (Å²) in [5.41, 5.74) is 5.91. The monoisotopic (exact) mass is 302 g/mol. The van der Waals surface area contributed by atoms with Gasteiger partial charge in [-0.1, -0.05) is 12.1 Å². The first-order chi connectivity index (χ1) is 9.38. The van der Waals surface area contributed by atoms with E-state index in [0.717, 1.165) is 0 Å². The standard InChI is InChI=1S/C14H23FN2O2S/c1-12(2)20(18,19)11-10-17(9-5-8-16)14-7-4-3-6-13(14)15/h3-4,6-7,12H,5,8-11,16H2,1-2H3. The summed E-state index contributed by atoms with van der Waals surface area (Å²) < 4.78 is 37.6.